The van der Waals surface area contributed by atoms with Crippen LogP contribution in [0.1, 0.15) is 6.92 Å². The van der Waals surface area contributed by atoms with Gasteiger partial charge in [0.25, 0.3) is 0 Å². The summed E-state index contributed by atoms with van der Waals surface area (Å²) in [6.07, 6.45) is 0.985. The van der Waals surface area contributed by atoms with Gasteiger partial charge in [0.1, 0.15) is 0 Å². The van der Waals surface area contributed by atoms with E-state index < -0.39 is 38.0 Å². The summed E-state index contributed by atoms with van der Waals surface area (Å²) in [4.78, 5) is 10.4. The maximum absolute atomic E-state index is 11.9. The second-order valence-corrected chi connectivity index (χ2v) is 8.43. The molecule has 0 saturated heterocycles. The zero-order valence-electron chi connectivity index (χ0n) is 11.3. The van der Waals surface area contributed by atoms with E-state index in [2.05, 4.69) is 0 Å². The molecule has 8 nitrogen and oxygen atoms in total. The number of carboxylic acid groups (broad SMARTS) is 1. The number of hydrogen-bond acceptors (Lipinski definition) is 6. The van der Waals surface area contributed by atoms with Crippen molar-refractivity contribution in [3.05, 3.63) is 24.3 Å². The minimum atomic E-state index is -4.06. The molecular formula is C11H15NO7S2. The van der Waals surface area contributed by atoms with Gasteiger partial charge in [-0.05, 0) is 31.2 Å². The highest BCUT2D eigenvalue weighted by molar-refractivity contribution is 7.90. The second-order valence-electron chi connectivity index (χ2n) is 4.65. The maximum Gasteiger partial charge on any atom is 0.336 e. The molecule has 0 aromatic heterocycles. The topological polar surface area (TPSA) is 138 Å². The molecule has 3 N–H and O–H groups in total. The molecule has 0 bridgehead atoms. The van der Waals surface area contributed by atoms with Gasteiger partial charge < -0.3 is 10.2 Å². The molecule has 1 aromatic carbocycles. The van der Waals surface area contributed by atoms with Crippen LogP contribution in [0.15, 0.2) is 34.1 Å². The van der Waals surface area contributed by atoms with Crippen molar-refractivity contribution in [2.45, 2.75) is 22.3 Å². The number of benzene rings is 1. The molecule has 0 fully saturated rings. The molecule has 1 atom stereocenters. The van der Waals surface area contributed by atoms with Crippen LogP contribution in [0.25, 0.3) is 0 Å². The Morgan fingerprint density at radius 3 is 1.95 bits per heavy atom. The largest absolute Gasteiger partial charge is 0.479 e. The Kier molecular flexibility index (Phi) is 4.78. The minimum Gasteiger partial charge on any atom is -0.479 e. The summed E-state index contributed by atoms with van der Waals surface area (Å²) >= 11 is 0. The van der Waals surface area contributed by atoms with Crippen molar-refractivity contribution in [3.63, 3.8) is 0 Å². The third kappa shape index (κ3) is 4.49. The molecule has 1 aromatic rings. The first-order valence-corrected chi connectivity index (χ1v) is 8.99. The van der Waals surface area contributed by atoms with Gasteiger partial charge in [-0.1, -0.05) is 0 Å². The average molecular weight is 337 g/mol. The molecular weight excluding hydrogens is 322 g/mol. The first kappa shape index (κ1) is 17.6. The third-order valence-electron chi connectivity index (χ3n) is 2.63. The van der Waals surface area contributed by atoms with Gasteiger partial charge in [-0.3, -0.25) is 0 Å². The fourth-order valence-electron chi connectivity index (χ4n) is 1.26. The van der Waals surface area contributed by atoms with Gasteiger partial charge in [-0.15, -0.1) is 0 Å². The zero-order valence-corrected chi connectivity index (χ0v) is 12.9. The quantitative estimate of drug-likeness (QED) is 0.618. The molecule has 0 aliphatic carbocycles. The van der Waals surface area contributed by atoms with Crippen LogP contribution in [-0.2, 0) is 24.7 Å². The highest BCUT2D eigenvalue weighted by Gasteiger charge is 2.31. The molecule has 0 aliphatic heterocycles. The molecule has 10 heteroatoms. The van der Waals surface area contributed by atoms with E-state index >= 15 is 0 Å². The van der Waals surface area contributed by atoms with E-state index in [0.29, 0.717) is 0 Å². The Balaban J connectivity index is 2.97. The highest BCUT2D eigenvalue weighted by Crippen LogP contribution is 2.14. The molecule has 118 valence electrons. The average Bonchev–Trinajstić information content (AvgIpc) is 2.36. The summed E-state index contributed by atoms with van der Waals surface area (Å²) in [7, 11) is -7.50. The first-order chi connectivity index (χ1) is 9.36. The summed E-state index contributed by atoms with van der Waals surface area (Å²) in [5.41, 5.74) is -2.25. The zero-order chi connectivity index (χ0) is 16.5. The second kappa shape index (κ2) is 5.72. The van der Waals surface area contributed by atoms with Crippen LogP contribution in [0.4, 0.5) is 0 Å². The molecule has 0 spiro atoms. The standard InChI is InChI=1S/C11H15NO7S2/c1-11(15,10(13)14)7-12-21(18,19)9-5-3-8(4-6-9)20(2,16)17/h3-6,12,15H,7H2,1-2H3,(H,13,14). The van der Waals surface area contributed by atoms with E-state index in [0.717, 1.165) is 37.4 Å². The summed E-state index contributed by atoms with van der Waals surface area (Å²) in [5, 5.41) is 18.1. The first-order valence-electron chi connectivity index (χ1n) is 5.62. The van der Waals surface area contributed by atoms with Gasteiger partial charge in [-0.2, -0.15) is 0 Å². The molecule has 0 aliphatic rings. The van der Waals surface area contributed by atoms with Crippen molar-refractivity contribution in [3.8, 4) is 0 Å². The van der Waals surface area contributed by atoms with Crippen molar-refractivity contribution < 1.29 is 31.8 Å². The lowest BCUT2D eigenvalue weighted by Gasteiger charge is -2.18. The molecule has 1 unspecified atom stereocenters. The number of carboxylic acids is 1. The van der Waals surface area contributed by atoms with Gasteiger partial charge in [0.05, 0.1) is 16.3 Å². The predicted molar refractivity (Wildman–Crippen MR) is 73.0 cm³/mol. The van der Waals surface area contributed by atoms with E-state index in [1.54, 1.807) is 0 Å². The monoisotopic (exact) mass is 337 g/mol. The fourth-order valence-corrected chi connectivity index (χ4v) is 3.02. The fraction of sp³-hybridized carbons (Fsp3) is 0.364. The molecule has 0 saturated carbocycles. The van der Waals surface area contributed by atoms with E-state index in [-0.39, 0.29) is 9.79 Å². The number of carbonyl (C=O) groups is 1. The van der Waals surface area contributed by atoms with E-state index in [1.807, 2.05) is 4.72 Å². The Labute approximate surface area is 122 Å². The number of aliphatic carboxylic acids is 1. The normalized spacial score (nSPS) is 15.4. The van der Waals surface area contributed by atoms with E-state index in [9.17, 15) is 26.7 Å². The summed E-state index contributed by atoms with van der Waals surface area (Å²) in [5.74, 6) is -1.57. The van der Waals surface area contributed by atoms with Gasteiger partial charge in [0, 0.05) is 6.26 Å². The molecule has 0 radical (unpaired) electrons. The smallest absolute Gasteiger partial charge is 0.336 e. The Bertz CT molecular complexity index is 733. The minimum absolute atomic E-state index is 0.0426. The number of nitrogens with one attached hydrogen (secondary N) is 1. The lowest BCUT2D eigenvalue weighted by Crippen LogP contribution is -2.46. The SMILES string of the molecule is CC(O)(CNS(=O)(=O)c1ccc(S(C)(=O)=O)cc1)C(=O)O. The highest BCUT2D eigenvalue weighted by atomic mass is 32.2. The maximum atomic E-state index is 11.9. The van der Waals surface area contributed by atoms with Gasteiger partial charge >= 0.3 is 5.97 Å². The number of rotatable bonds is 6. The van der Waals surface area contributed by atoms with Gasteiger partial charge in [0.15, 0.2) is 15.4 Å². The van der Waals surface area contributed by atoms with Crippen molar-refractivity contribution in [2.24, 2.45) is 0 Å². The lowest BCUT2D eigenvalue weighted by atomic mass is 10.1. The van der Waals surface area contributed by atoms with Crippen LogP contribution in [0.2, 0.25) is 0 Å². The number of hydrogen-bond donors (Lipinski definition) is 3. The van der Waals surface area contributed by atoms with Crippen LogP contribution in [-0.4, -0.2) is 51.4 Å². The number of sulfone groups is 1. The molecule has 1 rings (SSSR count). The van der Waals surface area contributed by atoms with Crippen LogP contribution < -0.4 is 4.72 Å². The molecule has 21 heavy (non-hydrogen) atoms. The summed E-state index contributed by atoms with van der Waals surface area (Å²) in [6, 6.07) is 4.40. The predicted octanol–water partition coefficient (Wildman–Crippen LogP) is -0.796. The van der Waals surface area contributed by atoms with Gasteiger partial charge in [0.2, 0.25) is 10.0 Å². The third-order valence-corrected chi connectivity index (χ3v) is 5.17. The molecule has 0 amide bonds. The van der Waals surface area contributed by atoms with Crippen LogP contribution in [0.5, 0.6) is 0 Å². The summed E-state index contributed by atoms with van der Waals surface area (Å²) < 4.78 is 48.3. The Hall–Kier alpha value is -1.49. The van der Waals surface area contributed by atoms with E-state index in [1.165, 1.54) is 0 Å². The Morgan fingerprint density at radius 2 is 1.57 bits per heavy atom. The van der Waals surface area contributed by atoms with Crippen molar-refractivity contribution >= 4 is 25.8 Å². The van der Waals surface area contributed by atoms with Crippen molar-refractivity contribution in [1.82, 2.24) is 4.72 Å². The van der Waals surface area contributed by atoms with E-state index in [4.69, 9.17) is 5.11 Å². The van der Waals surface area contributed by atoms with Crippen molar-refractivity contribution in [1.29, 1.82) is 0 Å². The number of aliphatic hydroxyl groups is 1. The van der Waals surface area contributed by atoms with Crippen LogP contribution in [0.3, 0.4) is 0 Å². The van der Waals surface area contributed by atoms with Gasteiger partial charge in [-0.25, -0.2) is 26.4 Å². The lowest BCUT2D eigenvalue weighted by molar-refractivity contribution is -0.155. The summed E-state index contributed by atoms with van der Waals surface area (Å²) in [6.45, 7) is 0.225. The molecule has 0 heterocycles. The van der Waals surface area contributed by atoms with Crippen LogP contribution in [0, 0.1) is 0 Å². The van der Waals surface area contributed by atoms with Crippen molar-refractivity contribution in [2.75, 3.05) is 12.8 Å². The van der Waals surface area contributed by atoms with Crippen LogP contribution >= 0.6 is 0 Å². The Morgan fingerprint density at radius 1 is 1.14 bits per heavy atom. The number of sulfonamides is 1.